The van der Waals surface area contributed by atoms with Gasteiger partial charge in [0.05, 0.1) is 23.2 Å². The molecular formula is C20H16N2O5S. The topological polar surface area (TPSA) is 93.6 Å². The maximum absolute atomic E-state index is 12.5. The zero-order chi connectivity index (χ0) is 19.9. The van der Waals surface area contributed by atoms with Crippen LogP contribution in [-0.2, 0) is 14.8 Å². The summed E-state index contributed by atoms with van der Waals surface area (Å²) < 4.78 is 31.0. The van der Waals surface area contributed by atoms with Crippen LogP contribution in [0.15, 0.2) is 59.5 Å². The van der Waals surface area contributed by atoms with Crippen LogP contribution in [0.3, 0.4) is 0 Å². The van der Waals surface area contributed by atoms with E-state index in [0.717, 1.165) is 4.31 Å². The molecule has 1 aromatic heterocycles. The van der Waals surface area contributed by atoms with Gasteiger partial charge in [-0.15, -0.1) is 0 Å². The highest BCUT2D eigenvalue weighted by Crippen LogP contribution is 2.29. The summed E-state index contributed by atoms with van der Waals surface area (Å²) in [7, 11) is -3.92. The largest absolute Gasteiger partial charge is 0.460 e. The van der Waals surface area contributed by atoms with E-state index in [4.69, 9.17) is 4.74 Å². The molecule has 142 valence electrons. The quantitative estimate of drug-likeness (QED) is 0.629. The first-order valence-electron chi connectivity index (χ1n) is 8.59. The molecule has 0 aliphatic carbocycles. The Kier molecular flexibility index (Phi) is 4.35. The molecule has 0 spiro atoms. The molecule has 2 aromatic carbocycles. The molecule has 0 bridgehead atoms. The summed E-state index contributed by atoms with van der Waals surface area (Å²) in [4.78, 5) is 29.3. The third kappa shape index (κ3) is 2.91. The van der Waals surface area contributed by atoms with Gasteiger partial charge in [0.15, 0.2) is 0 Å². The van der Waals surface area contributed by atoms with E-state index in [1.807, 2.05) is 6.07 Å². The Hall–Kier alpha value is -3.26. The smallest absolute Gasteiger partial charge is 0.338 e. The molecule has 0 saturated heterocycles. The maximum atomic E-state index is 12.5. The lowest BCUT2D eigenvalue weighted by Crippen LogP contribution is -2.33. The number of para-hydroxylation sites is 1. The lowest BCUT2D eigenvalue weighted by Gasteiger charge is -2.15. The van der Waals surface area contributed by atoms with Gasteiger partial charge >= 0.3 is 5.97 Å². The van der Waals surface area contributed by atoms with Crippen LogP contribution < -0.4 is 0 Å². The number of aryl methyl sites for hydroxylation is 1. The Bertz CT molecular complexity index is 1220. The molecule has 0 atom stereocenters. The number of carbonyl (C=O) groups is 2. The minimum atomic E-state index is -3.92. The van der Waals surface area contributed by atoms with Gasteiger partial charge in [0.2, 0.25) is 0 Å². The number of rotatable bonds is 4. The molecule has 0 N–H and O–H groups in total. The molecule has 2 heterocycles. The molecule has 1 aliphatic rings. The maximum Gasteiger partial charge on any atom is 0.338 e. The lowest BCUT2D eigenvalue weighted by atomic mass is 10.1. The van der Waals surface area contributed by atoms with Crippen LogP contribution in [0.25, 0.3) is 10.9 Å². The van der Waals surface area contributed by atoms with Crippen molar-refractivity contribution in [3.05, 3.63) is 71.4 Å². The number of hydrogen-bond acceptors (Lipinski definition) is 6. The van der Waals surface area contributed by atoms with Crippen molar-refractivity contribution >= 4 is 32.8 Å². The zero-order valence-corrected chi connectivity index (χ0v) is 15.8. The number of carbonyl (C=O) groups excluding carboxylic acids is 2. The van der Waals surface area contributed by atoms with Gasteiger partial charge in [-0.1, -0.05) is 30.3 Å². The second kappa shape index (κ2) is 6.72. The standard InChI is InChI=1S/C20H16N2O5S/c1-13-12-16(14-6-2-4-8-17(14)21-13)20(24)27-11-10-22-19(23)15-7-3-5-9-18(15)28(22,25)26/h2-9,12H,10-11H2,1H3. The van der Waals surface area contributed by atoms with Crippen LogP contribution in [-0.4, -0.2) is 42.7 Å². The van der Waals surface area contributed by atoms with E-state index in [1.54, 1.807) is 43.3 Å². The SMILES string of the molecule is Cc1cc(C(=O)OCCN2C(=O)c3ccccc3S2(=O)=O)c2ccccc2n1. The van der Waals surface area contributed by atoms with Gasteiger partial charge in [-0.25, -0.2) is 17.5 Å². The molecule has 0 fully saturated rings. The minimum absolute atomic E-state index is 0.0259. The molecule has 8 heteroatoms. The predicted octanol–water partition coefficient (Wildman–Crippen LogP) is 2.54. The van der Waals surface area contributed by atoms with Gasteiger partial charge < -0.3 is 4.74 Å². The fourth-order valence-electron chi connectivity index (χ4n) is 3.23. The highest BCUT2D eigenvalue weighted by molar-refractivity contribution is 7.90. The van der Waals surface area contributed by atoms with Gasteiger partial charge in [-0.2, -0.15) is 0 Å². The van der Waals surface area contributed by atoms with E-state index in [1.165, 1.54) is 12.1 Å². The van der Waals surface area contributed by atoms with E-state index >= 15 is 0 Å². The normalized spacial score (nSPS) is 14.9. The van der Waals surface area contributed by atoms with E-state index in [-0.39, 0.29) is 23.6 Å². The van der Waals surface area contributed by atoms with Gasteiger partial charge in [-0.3, -0.25) is 9.78 Å². The second-order valence-electron chi connectivity index (χ2n) is 6.34. The van der Waals surface area contributed by atoms with Crippen molar-refractivity contribution in [1.29, 1.82) is 0 Å². The van der Waals surface area contributed by atoms with Crippen LogP contribution in [0, 0.1) is 6.92 Å². The lowest BCUT2D eigenvalue weighted by molar-refractivity contribution is 0.0479. The first-order valence-corrected chi connectivity index (χ1v) is 10.0. The average molecular weight is 396 g/mol. The predicted molar refractivity (Wildman–Crippen MR) is 101 cm³/mol. The molecule has 1 aliphatic heterocycles. The zero-order valence-electron chi connectivity index (χ0n) is 15.0. The van der Waals surface area contributed by atoms with Crippen molar-refractivity contribution in [1.82, 2.24) is 9.29 Å². The molecule has 0 radical (unpaired) electrons. The average Bonchev–Trinajstić information content (AvgIpc) is 2.88. The van der Waals surface area contributed by atoms with E-state index in [2.05, 4.69) is 4.98 Å². The molecule has 1 amide bonds. The van der Waals surface area contributed by atoms with Gasteiger partial charge in [0, 0.05) is 11.1 Å². The third-order valence-electron chi connectivity index (χ3n) is 4.50. The van der Waals surface area contributed by atoms with Gasteiger partial charge in [0.1, 0.15) is 11.5 Å². The van der Waals surface area contributed by atoms with Crippen molar-refractivity contribution in [3.8, 4) is 0 Å². The summed E-state index contributed by atoms with van der Waals surface area (Å²) in [6, 6.07) is 14.8. The van der Waals surface area contributed by atoms with Gasteiger partial charge in [-0.05, 0) is 31.2 Å². The van der Waals surface area contributed by atoms with Crippen LogP contribution in [0.5, 0.6) is 0 Å². The summed E-state index contributed by atoms with van der Waals surface area (Å²) in [5.74, 6) is -1.21. The van der Waals surface area contributed by atoms with Gasteiger partial charge in [0.25, 0.3) is 15.9 Å². The number of nitrogens with zero attached hydrogens (tertiary/aromatic N) is 2. The number of esters is 1. The van der Waals surface area contributed by atoms with E-state index in [9.17, 15) is 18.0 Å². The molecule has 7 nitrogen and oxygen atoms in total. The molecule has 4 rings (SSSR count). The van der Waals surface area contributed by atoms with Crippen LogP contribution in [0.4, 0.5) is 0 Å². The number of ether oxygens (including phenoxy) is 1. The number of amides is 1. The Labute approximate surface area is 161 Å². The van der Waals surface area contributed by atoms with Crippen molar-refractivity contribution in [2.24, 2.45) is 0 Å². The van der Waals surface area contributed by atoms with E-state index in [0.29, 0.717) is 22.2 Å². The molecule has 28 heavy (non-hydrogen) atoms. The monoisotopic (exact) mass is 396 g/mol. The highest BCUT2D eigenvalue weighted by Gasteiger charge is 2.40. The Morgan fingerprint density at radius 2 is 1.82 bits per heavy atom. The third-order valence-corrected chi connectivity index (χ3v) is 6.34. The molecule has 0 saturated carbocycles. The summed E-state index contributed by atoms with van der Waals surface area (Å²) in [6.07, 6.45) is 0. The van der Waals surface area contributed by atoms with Crippen molar-refractivity contribution < 1.29 is 22.7 Å². The summed E-state index contributed by atoms with van der Waals surface area (Å²) in [6.45, 7) is 1.28. The van der Waals surface area contributed by atoms with Crippen LogP contribution in [0.2, 0.25) is 0 Å². The second-order valence-corrected chi connectivity index (χ2v) is 8.17. The van der Waals surface area contributed by atoms with Crippen molar-refractivity contribution in [3.63, 3.8) is 0 Å². The summed E-state index contributed by atoms with van der Waals surface area (Å²) in [5, 5.41) is 0.648. The van der Waals surface area contributed by atoms with E-state index < -0.39 is 21.9 Å². The number of benzene rings is 2. The fourth-order valence-corrected chi connectivity index (χ4v) is 4.78. The number of pyridine rings is 1. The first kappa shape index (κ1) is 18.1. The summed E-state index contributed by atoms with van der Waals surface area (Å²) in [5.41, 5.74) is 1.81. The number of hydrogen-bond donors (Lipinski definition) is 0. The van der Waals surface area contributed by atoms with Crippen molar-refractivity contribution in [2.75, 3.05) is 13.2 Å². The molecule has 0 unspecified atom stereocenters. The number of fused-ring (bicyclic) bond motifs is 2. The Morgan fingerprint density at radius 1 is 1.11 bits per heavy atom. The number of aromatic nitrogens is 1. The Morgan fingerprint density at radius 3 is 2.61 bits per heavy atom. The number of sulfonamides is 1. The van der Waals surface area contributed by atoms with Crippen LogP contribution >= 0.6 is 0 Å². The van der Waals surface area contributed by atoms with Crippen molar-refractivity contribution in [2.45, 2.75) is 11.8 Å². The summed E-state index contributed by atoms with van der Waals surface area (Å²) >= 11 is 0. The first-order chi connectivity index (χ1) is 13.4. The minimum Gasteiger partial charge on any atom is -0.460 e. The molecule has 3 aromatic rings. The highest BCUT2D eigenvalue weighted by atomic mass is 32.2. The Balaban J connectivity index is 1.51. The van der Waals surface area contributed by atoms with Crippen LogP contribution in [0.1, 0.15) is 26.4 Å². The molecular weight excluding hydrogens is 380 g/mol. The fraction of sp³-hybridized carbons (Fsp3) is 0.150.